The normalized spacial score (nSPS) is 17.0. The highest BCUT2D eigenvalue weighted by Crippen LogP contribution is 2.38. The number of aliphatic hydroxyl groups excluding tert-OH is 2. The predicted octanol–water partition coefficient (Wildman–Crippen LogP) is 0.720. The second kappa shape index (κ2) is 13.2. The van der Waals surface area contributed by atoms with Gasteiger partial charge in [0.1, 0.15) is 11.5 Å². The van der Waals surface area contributed by atoms with Gasteiger partial charge in [0.25, 0.3) is 0 Å². The number of amides is 2. The van der Waals surface area contributed by atoms with Crippen molar-refractivity contribution in [3.63, 3.8) is 0 Å². The Morgan fingerprint density at radius 3 is 2.39 bits per heavy atom. The Balaban J connectivity index is 2.15. The van der Waals surface area contributed by atoms with Crippen molar-refractivity contribution in [3.05, 3.63) is 29.8 Å². The van der Waals surface area contributed by atoms with Crippen molar-refractivity contribution in [2.24, 2.45) is 11.1 Å². The highest BCUT2D eigenvalue weighted by molar-refractivity contribution is 6.05. The maximum absolute atomic E-state index is 13.3. The van der Waals surface area contributed by atoms with Crippen LogP contribution in [0.1, 0.15) is 57.4 Å². The number of ether oxygens (including phenoxy) is 1. The van der Waals surface area contributed by atoms with Crippen molar-refractivity contribution < 1.29 is 29.3 Å². The average molecular weight is 465 g/mol. The molecule has 2 rings (SSSR count). The van der Waals surface area contributed by atoms with E-state index in [0.29, 0.717) is 37.1 Å². The van der Waals surface area contributed by atoms with E-state index in [1.54, 1.807) is 31.2 Å². The molecule has 2 amide bonds. The number of benzene rings is 1. The lowest BCUT2D eigenvalue weighted by molar-refractivity contribution is -0.164. The summed E-state index contributed by atoms with van der Waals surface area (Å²) in [5.41, 5.74) is 5.21. The van der Waals surface area contributed by atoms with Gasteiger partial charge in [0.05, 0.1) is 13.2 Å². The van der Waals surface area contributed by atoms with Crippen LogP contribution in [0.3, 0.4) is 0 Å². The summed E-state index contributed by atoms with van der Waals surface area (Å²) in [6.45, 7) is 2.10. The molecule has 0 radical (unpaired) electrons. The zero-order valence-electron chi connectivity index (χ0n) is 19.1. The van der Waals surface area contributed by atoms with E-state index in [-0.39, 0.29) is 19.6 Å². The molecule has 1 unspecified atom stereocenters. The molecule has 10 nitrogen and oxygen atoms in total. The number of nitrogens with one attached hydrogen (secondary N) is 3. The van der Waals surface area contributed by atoms with Crippen molar-refractivity contribution in [1.82, 2.24) is 10.6 Å². The minimum atomic E-state index is -1.29. The number of anilines is 1. The van der Waals surface area contributed by atoms with Gasteiger partial charge in [-0.2, -0.15) is 0 Å². The molecule has 1 aliphatic rings. The third-order valence-corrected chi connectivity index (χ3v) is 5.86. The molecular formula is C23H36N4O6. The first-order valence-electron chi connectivity index (χ1n) is 11.5. The Morgan fingerprint density at radius 2 is 1.82 bits per heavy atom. The fraction of sp³-hybridized carbons (Fsp3) is 0.609. The van der Waals surface area contributed by atoms with E-state index in [9.17, 15) is 24.6 Å². The van der Waals surface area contributed by atoms with Gasteiger partial charge < -0.3 is 25.6 Å². The summed E-state index contributed by atoms with van der Waals surface area (Å²) in [6, 6.07) is 5.80. The van der Waals surface area contributed by atoms with E-state index in [1.165, 1.54) is 0 Å². The number of rotatable bonds is 12. The summed E-state index contributed by atoms with van der Waals surface area (Å²) < 4.78 is 5.22. The van der Waals surface area contributed by atoms with Crippen molar-refractivity contribution in [2.45, 2.75) is 70.9 Å². The average Bonchev–Trinajstić information content (AvgIpc) is 2.81. The van der Waals surface area contributed by atoms with Crippen LogP contribution in [0.4, 0.5) is 5.69 Å². The van der Waals surface area contributed by atoms with E-state index in [1.807, 2.05) is 0 Å². The van der Waals surface area contributed by atoms with Crippen LogP contribution < -0.4 is 21.7 Å². The van der Waals surface area contributed by atoms with Gasteiger partial charge in [0.15, 0.2) is 6.35 Å². The lowest BCUT2D eigenvalue weighted by atomic mass is 9.73. The van der Waals surface area contributed by atoms with Crippen molar-refractivity contribution >= 4 is 23.5 Å². The minimum Gasteiger partial charge on any atom is -0.465 e. The van der Waals surface area contributed by atoms with Crippen LogP contribution in [-0.4, -0.2) is 53.5 Å². The first-order chi connectivity index (χ1) is 15.8. The fourth-order valence-electron chi connectivity index (χ4n) is 3.99. The van der Waals surface area contributed by atoms with Crippen LogP contribution in [0.2, 0.25) is 0 Å². The van der Waals surface area contributed by atoms with Crippen LogP contribution in [0.5, 0.6) is 0 Å². The zero-order chi connectivity index (χ0) is 24.3. The number of aliphatic hydroxyl groups is 2. The van der Waals surface area contributed by atoms with Gasteiger partial charge in [-0.25, -0.2) is 0 Å². The monoisotopic (exact) mass is 464 g/mol. The summed E-state index contributed by atoms with van der Waals surface area (Å²) in [6.07, 6.45) is 2.72. The molecule has 0 spiro atoms. The summed E-state index contributed by atoms with van der Waals surface area (Å²) in [5, 5.41) is 26.6. The van der Waals surface area contributed by atoms with Gasteiger partial charge in [0.2, 0.25) is 11.8 Å². The van der Waals surface area contributed by atoms with Crippen molar-refractivity contribution in [3.8, 4) is 0 Å². The lowest BCUT2D eigenvalue weighted by Gasteiger charge is -2.34. The summed E-state index contributed by atoms with van der Waals surface area (Å²) >= 11 is 0. The van der Waals surface area contributed by atoms with Crippen LogP contribution in [0.25, 0.3) is 0 Å². The molecule has 1 aliphatic carbocycles. The van der Waals surface area contributed by atoms with Crippen LogP contribution >= 0.6 is 0 Å². The molecule has 0 bridgehead atoms. The second-order valence-corrected chi connectivity index (χ2v) is 8.27. The standard InChI is InChI=1S/C23H36N4O6/c1-2-33-21(31)23(12-4-3-5-13-23)20(30)27-18(7-6-14-25-22(24)32)19(29)26-17-10-8-16(15-28)9-11-17/h8-11,18,22,25,28,32H,2-7,12-15,24H2,1H3,(H,26,29)(H,27,30)/t18-,22?/m0/s1. The largest absolute Gasteiger partial charge is 0.465 e. The topological polar surface area (TPSA) is 163 Å². The van der Waals surface area contributed by atoms with Gasteiger partial charge in [-0.05, 0) is 56.8 Å². The number of carbonyl (C=O) groups excluding carboxylic acids is 3. The molecule has 7 N–H and O–H groups in total. The van der Waals surface area contributed by atoms with Gasteiger partial charge in [-0.1, -0.05) is 31.4 Å². The van der Waals surface area contributed by atoms with Crippen LogP contribution in [-0.2, 0) is 25.7 Å². The highest BCUT2D eigenvalue weighted by Gasteiger charge is 2.48. The molecule has 10 heteroatoms. The molecule has 0 saturated heterocycles. The molecule has 1 saturated carbocycles. The van der Waals surface area contributed by atoms with Crippen molar-refractivity contribution in [1.29, 1.82) is 0 Å². The molecule has 0 heterocycles. The highest BCUT2D eigenvalue weighted by atomic mass is 16.5. The molecule has 1 aromatic rings. The van der Waals surface area contributed by atoms with E-state index >= 15 is 0 Å². The molecule has 0 aliphatic heterocycles. The number of carbonyl (C=O) groups is 3. The second-order valence-electron chi connectivity index (χ2n) is 8.27. The summed E-state index contributed by atoms with van der Waals surface area (Å²) in [4.78, 5) is 39.1. The Morgan fingerprint density at radius 1 is 1.15 bits per heavy atom. The van der Waals surface area contributed by atoms with Gasteiger partial charge in [-0.3, -0.25) is 25.4 Å². The first-order valence-corrected chi connectivity index (χ1v) is 11.5. The fourth-order valence-corrected chi connectivity index (χ4v) is 3.99. The third kappa shape index (κ3) is 7.78. The number of hydrogen-bond donors (Lipinski definition) is 6. The Labute approximate surface area is 194 Å². The van der Waals surface area contributed by atoms with E-state index in [2.05, 4.69) is 16.0 Å². The third-order valence-electron chi connectivity index (χ3n) is 5.86. The SMILES string of the molecule is CCOC(=O)C1(C(=O)N[C@@H](CCCNC(N)O)C(=O)Nc2ccc(CO)cc2)CCCCC1. The number of nitrogens with two attached hydrogens (primary N) is 1. The Kier molecular flexibility index (Phi) is 10.7. The summed E-state index contributed by atoms with van der Waals surface area (Å²) in [5.74, 6) is -1.47. The predicted molar refractivity (Wildman–Crippen MR) is 123 cm³/mol. The Bertz CT molecular complexity index is 778. The first kappa shape index (κ1) is 26.7. The quantitative estimate of drug-likeness (QED) is 0.114. The van der Waals surface area contributed by atoms with E-state index in [0.717, 1.165) is 19.3 Å². The number of hydrogen-bond acceptors (Lipinski definition) is 8. The Hall–Kier alpha value is -2.53. The molecule has 2 atom stereocenters. The number of esters is 1. The maximum atomic E-state index is 13.3. The van der Waals surface area contributed by atoms with Crippen LogP contribution in [0.15, 0.2) is 24.3 Å². The maximum Gasteiger partial charge on any atom is 0.321 e. The van der Waals surface area contributed by atoms with E-state index < -0.39 is 35.6 Å². The molecule has 184 valence electrons. The summed E-state index contributed by atoms with van der Waals surface area (Å²) in [7, 11) is 0. The van der Waals surface area contributed by atoms with Gasteiger partial charge >= 0.3 is 5.97 Å². The molecule has 1 aromatic carbocycles. The minimum absolute atomic E-state index is 0.108. The van der Waals surface area contributed by atoms with Crippen LogP contribution in [0, 0.1) is 5.41 Å². The van der Waals surface area contributed by atoms with Crippen molar-refractivity contribution in [2.75, 3.05) is 18.5 Å². The molecule has 33 heavy (non-hydrogen) atoms. The lowest BCUT2D eigenvalue weighted by Crippen LogP contribution is -2.54. The molecule has 0 aromatic heterocycles. The molecular weight excluding hydrogens is 428 g/mol. The zero-order valence-corrected chi connectivity index (χ0v) is 19.1. The smallest absolute Gasteiger partial charge is 0.321 e. The van der Waals surface area contributed by atoms with Gasteiger partial charge in [0, 0.05) is 5.69 Å². The van der Waals surface area contributed by atoms with Gasteiger partial charge in [-0.15, -0.1) is 0 Å². The van der Waals surface area contributed by atoms with E-state index in [4.69, 9.17) is 10.5 Å². The molecule has 1 fully saturated rings.